The number of aryl methyl sites for hydroxylation is 1. The normalized spacial score (nSPS) is 25.0. The Bertz CT molecular complexity index is 751. The lowest BCUT2D eigenvalue weighted by Crippen LogP contribution is -2.55. The van der Waals surface area contributed by atoms with Gasteiger partial charge < -0.3 is 10.0 Å². The number of aliphatic carboxylic acids is 1. The van der Waals surface area contributed by atoms with Gasteiger partial charge in [-0.1, -0.05) is 43.7 Å². The maximum atomic E-state index is 13.3. The minimum absolute atomic E-state index is 0.0250. The van der Waals surface area contributed by atoms with E-state index < -0.39 is 24.1 Å². The van der Waals surface area contributed by atoms with Crippen LogP contribution in [0.25, 0.3) is 0 Å². The minimum atomic E-state index is -0.923. The Morgan fingerprint density at radius 2 is 1.93 bits per heavy atom. The molecule has 1 saturated heterocycles. The fraction of sp³-hybridized carbons (Fsp3) is 0.625. The number of carboxylic acid groups (broad SMARTS) is 1. The lowest BCUT2D eigenvalue weighted by Gasteiger charge is -2.32. The Labute approximate surface area is 179 Å². The third-order valence-electron chi connectivity index (χ3n) is 6.65. The van der Waals surface area contributed by atoms with Crippen LogP contribution in [0.4, 0.5) is 0 Å². The summed E-state index contributed by atoms with van der Waals surface area (Å²) in [5.74, 6) is -0.709. The summed E-state index contributed by atoms with van der Waals surface area (Å²) in [6, 6.07) is 8.29. The third kappa shape index (κ3) is 5.09. The number of hydrogen-bond acceptors (Lipinski definition) is 4. The summed E-state index contributed by atoms with van der Waals surface area (Å²) in [5.41, 5.74) is 1.16. The van der Waals surface area contributed by atoms with E-state index in [0.717, 1.165) is 37.7 Å². The lowest BCUT2D eigenvalue weighted by molar-refractivity contribution is -0.150. The van der Waals surface area contributed by atoms with Crippen LogP contribution in [-0.4, -0.2) is 51.8 Å². The van der Waals surface area contributed by atoms with Gasteiger partial charge in [0.05, 0.1) is 12.1 Å². The van der Waals surface area contributed by atoms with E-state index in [1.807, 2.05) is 37.3 Å². The molecule has 1 aliphatic heterocycles. The summed E-state index contributed by atoms with van der Waals surface area (Å²) in [6.07, 6.45) is 6.07. The van der Waals surface area contributed by atoms with Crippen LogP contribution in [-0.2, 0) is 20.8 Å². The van der Waals surface area contributed by atoms with E-state index in [9.17, 15) is 19.5 Å². The van der Waals surface area contributed by atoms with E-state index in [1.165, 1.54) is 0 Å². The average Bonchev–Trinajstić information content (AvgIpc) is 3.32. The Hall–Kier alpha value is -2.21. The molecule has 3 rings (SSSR count). The van der Waals surface area contributed by atoms with Crippen molar-refractivity contribution in [3.63, 3.8) is 0 Å². The number of benzene rings is 1. The second kappa shape index (κ2) is 10.2. The summed E-state index contributed by atoms with van der Waals surface area (Å²) in [7, 11) is 0. The van der Waals surface area contributed by atoms with E-state index in [2.05, 4.69) is 5.32 Å². The largest absolute Gasteiger partial charge is 0.480 e. The zero-order valence-corrected chi connectivity index (χ0v) is 18.0. The highest BCUT2D eigenvalue weighted by atomic mass is 16.4. The zero-order valence-electron chi connectivity index (χ0n) is 18.0. The van der Waals surface area contributed by atoms with Gasteiger partial charge in [0.25, 0.3) is 0 Å². The quantitative estimate of drug-likeness (QED) is 0.614. The molecule has 0 spiro atoms. The molecule has 0 radical (unpaired) electrons. The van der Waals surface area contributed by atoms with Crippen LogP contribution in [0.15, 0.2) is 30.3 Å². The van der Waals surface area contributed by atoms with Gasteiger partial charge >= 0.3 is 5.97 Å². The number of rotatable bonds is 10. The second-order valence-corrected chi connectivity index (χ2v) is 8.78. The number of nitrogens with one attached hydrogen (secondary N) is 1. The molecule has 6 nitrogen and oxygen atoms in total. The smallest absolute Gasteiger partial charge is 0.326 e. The Balaban J connectivity index is 1.68. The molecule has 2 aliphatic rings. The molecule has 1 amide bonds. The fourth-order valence-electron chi connectivity index (χ4n) is 5.14. The van der Waals surface area contributed by atoms with Crippen molar-refractivity contribution in [3.05, 3.63) is 35.9 Å². The first-order valence-corrected chi connectivity index (χ1v) is 11.3. The van der Waals surface area contributed by atoms with Gasteiger partial charge in [-0.25, -0.2) is 4.79 Å². The molecule has 0 aromatic heterocycles. The minimum Gasteiger partial charge on any atom is -0.480 e. The van der Waals surface area contributed by atoms with Crippen LogP contribution >= 0.6 is 0 Å². The summed E-state index contributed by atoms with van der Waals surface area (Å²) in [4.78, 5) is 39.4. The molecular weight excluding hydrogens is 380 g/mol. The van der Waals surface area contributed by atoms with E-state index in [4.69, 9.17) is 0 Å². The first kappa shape index (κ1) is 22.5. The molecule has 1 aromatic carbocycles. The van der Waals surface area contributed by atoms with Gasteiger partial charge in [-0.05, 0) is 56.9 Å². The third-order valence-corrected chi connectivity index (χ3v) is 6.65. The van der Waals surface area contributed by atoms with Crippen LogP contribution in [0, 0.1) is 5.92 Å². The van der Waals surface area contributed by atoms with Crippen LogP contribution in [0.2, 0.25) is 0 Å². The average molecular weight is 415 g/mol. The highest BCUT2D eigenvalue weighted by Crippen LogP contribution is 2.41. The number of nitrogens with zero attached hydrogens (tertiary/aromatic N) is 1. The maximum absolute atomic E-state index is 13.3. The van der Waals surface area contributed by atoms with Crippen molar-refractivity contribution >= 4 is 17.7 Å². The fourth-order valence-corrected chi connectivity index (χ4v) is 5.14. The van der Waals surface area contributed by atoms with Gasteiger partial charge in [-0.15, -0.1) is 0 Å². The molecule has 2 N–H and O–H groups in total. The van der Waals surface area contributed by atoms with E-state index >= 15 is 0 Å². The number of carboxylic acids is 1. The van der Waals surface area contributed by atoms with Gasteiger partial charge in [0, 0.05) is 12.5 Å². The lowest BCUT2D eigenvalue weighted by atomic mass is 9.99. The van der Waals surface area contributed by atoms with E-state index in [0.29, 0.717) is 19.3 Å². The molecule has 5 atom stereocenters. The Kier molecular flexibility index (Phi) is 7.64. The highest BCUT2D eigenvalue weighted by Gasteiger charge is 2.49. The van der Waals surface area contributed by atoms with Gasteiger partial charge in [0.2, 0.25) is 5.91 Å². The van der Waals surface area contributed by atoms with Crippen molar-refractivity contribution in [1.82, 2.24) is 10.2 Å². The first-order valence-electron chi connectivity index (χ1n) is 11.3. The predicted molar refractivity (Wildman–Crippen MR) is 115 cm³/mol. The number of hydrogen-bond donors (Lipinski definition) is 2. The topological polar surface area (TPSA) is 86.7 Å². The van der Waals surface area contributed by atoms with Crippen molar-refractivity contribution in [2.45, 2.75) is 89.4 Å². The molecule has 6 heteroatoms. The van der Waals surface area contributed by atoms with E-state index in [-0.39, 0.29) is 23.7 Å². The number of amides is 1. The van der Waals surface area contributed by atoms with Crippen molar-refractivity contribution in [2.75, 3.05) is 0 Å². The zero-order chi connectivity index (χ0) is 21.7. The van der Waals surface area contributed by atoms with Gasteiger partial charge in [0.15, 0.2) is 0 Å². The Morgan fingerprint density at radius 3 is 2.60 bits per heavy atom. The van der Waals surface area contributed by atoms with Crippen molar-refractivity contribution in [3.8, 4) is 0 Å². The molecule has 1 aliphatic carbocycles. The van der Waals surface area contributed by atoms with E-state index in [1.54, 1.807) is 11.8 Å². The molecule has 1 aromatic rings. The molecule has 1 saturated carbocycles. The van der Waals surface area contributed by atoms with Crippen molar-refractivity contribution in [1.29, 1.82) is 0 Å². The highest BCUT2D eigenvalue weighted by molar-refractivity contribution is 5.89. The second-order valence-electron chi connectivity index (χ2n) is 8.78. The summed E-state index contributed by atoms with van der Waals surface area (Å²) >= 11 is 0. The molecule has 2 fully saturated rings. The van der Waals surface area contributed by atoms with Crippen LogP contribution in [0.1, 0.15) is 64.4 Å². The summed E-state index contributed by atoms with van der Waals surface area (Å²) in [6.45, 7) is 3.74. The number of fused-ring (bicyclic) bond motifs is 1. The van der Waals surface area contributed by atoms with Crippen LogP contribution < -0.4 is 5.32 Å². The number of ketones is 1. The van der Waals surface area contributed by atoms with Gasteiger partial charge in [-0.2, -0.15) is 0 Å². The maximum Gasteiger partial charge on any atom is 0.326 e. The number of carbonyl (C=O) groups is 3. The molecule has 1 heterocycles. The summed E-state index contributed by atoms with van der Waals surface area (Å²) in [5, 5.41) is 12.9. The molecule has 164 valence electrons. The number of Topliss-reactive ketones (excluding diaryl/α,β-unsaturated/α-hetero) is 1. The molecular formula is C24H34N2O4. The summed E-state index contributed by atoms with van der Waals surface area (Å²) < 4.78 is 0. The van der Waals surface area contributed by atoms with Gasteiger partial charge in [0.1, 0.15) is 11.8 Å². The molecule has 0 bridgehead atoms. The SMILES string of the molecule is CCCC(=O)[C@H](CCc1ccccc1)N[C@@H](C)C(=O)N1[C@H](C(=O)O)C[C@@H]2CCC[C@@H]21. The number of likely N-dealkylation sites (tertiary alicyclic amines) is 1. The Morgan fingerprint density at radius 1 is 1.20 bits per heavy atom. The van der Waals surface area contributed by atoms with Crippen LogP contribution in [0.5, 0.6) is 0 Å². The van der Waals surface area contributed by atoms with Crippen LogP contribution in [0.3, 0.4) is 0 Å². The monoisotopic (exact) mass is 414 g/mol. The first-order chi connectivity index (χ1) is 14.4. The molecule has 0 unspecified atom stereocenters. The molecule has 30 heavy (non-hydrogen) atoms. The van der Waals surface area contributed by atoms with Gasteiger partial charge in [-0.3, -0.25) is 14.9 Å². The predicted octanol–water partition coefficient (Wildman–Crippen LogP) is 3.19. The number of carbonyl (C=O) groups excluding carboxylic acids is 2. The standard InChI is InChI=1S/C24H34N2O4/c1-3-8-22(27)19(14-13-17-9-5-4-6-10-17)25-16(2)23(28)26-20-12-7-11-18(20)15-21(26)24(29)30/h4-6,9-10,16,18-21,25H,3,7-8,11-15H2,1-2H3,(H,29,30)/t16-,18-,19-,20-,21-/m0/s1. The van der Waals surface area contributed by atoms with Crippen molar-refractivity contribution < 1.29 is 19.5 Å². The van der Waals surface area contributed by atoms with Crippen molar-refractivity contribution in [2.24, 2.45) is 5.92 Å².